The van der Waals surface area contributed by atoms with Crippen LogP contribution in [0.2, 0.25) is 0 Å². The zero-order valence-corrected chi connectivity index (χ0v) is 13.7. The second kappa shape index (κ2) is 6.83. The molecule has 0 atom stereocenters. The van der Waals surface area contributed by atoms with Gasteiger partial charge in [-0.05, 0) is 36.0 Å². The molecule has 3 rings (SSSR count). The van der Waals surface area contributed by atoms with Gasteiger partial charge in [0.25, 0.3) is 5.69 Å². The summed E-state index contributed by atoms with van der Waals surface area (Å²) in [4.78, 5) is 25.0. The SMILES string of the molecule is CCc1ccc(CCC(=O)N2CCc3cccc([N+](=O)[O-])c32)cc1. The van der Waals surface area contributed by atoms with Gasteiger partial charge in [0.1, 0.15) is 5.69 Å². The van der Waals surface area contributed by atoms with E-state index in [1.807, 2.05) is 18.2 Å². The molecule has 1 aliphatic heterocycles. The predicted molar refractivity (Wildman–Crippen MR) is 93.3 cm³/mol. The number of fused-ring (bicyclic) bond motifs is 1. The van der Waals surface area contributed by atoms with Crippen molar-refractivity contribution >= 4 is 17.3 Å². The highest BCUT2D eigenvalue weighted by Gasteiger charge is 2.31. The van der Waals surface area contributed by atoms with Gasteiger partial charge < -0.3 is 4.90 Å². The lowest BCUT2D eigenvalue weighted by Gasteiger charge is -2.17. The summed E-state index contributed by atoms with van der Waals surface area (Å²) in [5, 5.41) is 11.2. The van der Waals surface area contributed by atoms with E-state index in [9.17, 15) is 14.9 Å². The molecule has 0 aliphatic carbocycles. The van der Waals surface area contributed by atoms with Gasteiger partial charge in [-0.3, -0.25) is 14.9 Å². The summed E-state index contributed by atoms with van der Waals surface area (Å²) < 4.78 is 0. The third-order valence-electron chi connectivity index (χ3n) is 4.53. The quantitative estimate of drug-likeness (QED) is 0.622. The molecule has 0 radical (unpaired) electrons. The van der Waals surface area contributed by atoms with Crippen LogP contribution in [0.1, 0.15) is 30.0 Å². The molecule has 24 heavy (non-hydrogen) atoms. The summed E-state index contributed by atoms with van der Waals surface area (Å²) in [6, 6.07) is 13.3. The van der Waals surface area contributed by atoms with Crippen molar-refractivity contribution < 1.29 is 9.72 Å². The van der Waals surface area contributed by atoms with Crippen molar-refractivity contribution in [3.05, 3.63) is 69.3 Å². The Morgan fingerprint density at radius 3 is 2.54 bits per heavy atom. The summed E-state index contributed by atoms with van der Waals surface area (Å²) >= 11 is 0. The Morgan fingerprint density at radius 1 is 1.17 bits per heavy atom. The van der Waals surface area contributed by atoms with E-state index in [4.69, 9.17) is 0 Å². The fraction of sp³-hybridized carbons (Fsp3) is 0.316. The fourth-order valence-corrected chi connectivity index (χ4v) is 3.16. The number of nitro groups is 1. The minimum atomic E-state index is -0.409. The maximum Gasteiger partial charge on any atom is 0.293 e. The van der Waals surface area contributed by atoms with E-state index in [2.05, 4.69) is 19.1 Å². The highest BCUT2D eigenvalue weighted by atomic mass is 16.6. The van der Waals surface area contributed by atoms with Crippen LogP contribution in [0, 0.1) is 10.1 Å². The molecule has 2 aromatic carbocycles. The van der Waals surface area contributed by atoms with Crippen molar-refractivity contribution in [2.75, 3.05) is 11.4 Å². The number of hydrogen-bond acceptors (Lipinski definition) is 3. The Bertz CT molecular complexity index is 769. The van der Waals surface area contributed by atoms with Crippen LogP contribution in [-0.4, -0.2) is 17.4 Å². The second-order valence-electron chi connectivity index (χ2n) is 6.01. The van der Waals surface area contributed by atoms with Gasteiger partial charge in [-0.1, -0.05) is 43.3 Å². The molecule has 1 heterocycles. The van der Waals surface area contributed by atoms with Crippen LogP contribution in [0.5, 0.6) is 0 Å². The number of hydrogen-bond donors (Lipinski definition) is 0. The van der Waals surface area contributed by atoms with E-state index in [0.717, 1.165) is 17.5 Å². The van der Waals surface area contributed by atoms with Gasteiger partial charge in [-0.25, -0.2) is 0 Å². The number of carbonyl (C=O) groups excluding carboxylic acids is 1. The lowest BCUT2D eigenvalue weighted by atomic mass is 10.1. The van der Waals surface area contributed by atoms with Crippen LogP contribution in [0.3, 0.4) is 0 Å². The molecule has 2 aromatic rings. The first kappa shape index (κ1) is 16.2. The van der Waals surface area contributed by atoms with Crippen molar-refractivity contribution in [2.45, 2.75) is 32.6 Å². The van der Waals surface area contributed by atoms with Crippen LogP contribution in [0.4, 0.5) is 11.4 Å². The second-order valence-corrected chi connectivity index (χ2v) is 6.01. The van der Waals surface area contributed by atoms with Crippen LogP contribution < -0.4 is 4.90 Å². The number of amides is 1. The monoisotopic (exact) mass is 324 g/mol. The standard InChI is InChI=1S/C19H20N2O3/c1-2-14-6-8-15(9-7-14)10-11-18(22)20-13-12-16-4-3-5-17(19(16)20)21(23)24/h3-9H,2,10-13H2,1H3. The maximum atomic E-state index is 12.6. The average molecular weight is 324 g/mol. The average Bonchev–Trinajstić information content (AvgIpc) is 3.04. The summed E-state index contributed by atoms with van der Waals surface area (Å²) in [7, 11) is 0. The third-order valence-corrected chi connectivity index (χ3v) is 4.53. The Kier molecular flexibility index (Phi) is 4.60. The molecular weight excluding hydrogens is 304 g/mol. The van der Waals surface area contributed by atoms with E-state index in [0.29, 0.717) is 31.5 Å². The number of aryl methyl sites for hydroxylation is 2. The first-order chi connectivity index (χ1) is 11.6. The van der Waals surface area contributed by atoms with Crippen molar-refractivity contribution in [3.63, 3.8) is 0 Å². The minimum Gasteiger partial charge on any atom is -0.306 e. The van der Waals surface area contributed by atoms with E-state index >= 15 is 0 Å². The Hall–Kier alpha value is -2.69. The number of carbonyl (C=O) groups is 1. The van der Waals surface area contributed by atoms with Gasteiger partial charge in [0.05, 0.1) is 4.92 Å². The number of rotatable bonds is 5. The van der Waals surface area contributed by atoms with E-state index in [1.54, 1.807) is 11.0 Å². The van der Waals surface area contributed by atoms with Crippen LogP contribution in [-0.2, 0) is 24.1 Å². The predicted octanol–water partition coefficient (Wildman–Crippen LogP) is 3.68. The molecule has 1 amide bonds. The van der Waals surface area contributed by atoms with Crippen LogP contribution in [0.25, 0.3) is 0 Å². The summed E-state index contributed by atoms with van der Waals surface area (Å²) in [5.41, 5.74) is 3.76. The van der Waals surface area contributed by atoms with Crippen molar-refractivity contribution in [3.8, 4) is 0 Å². The Labute approximate surface area is 141 Å². The summed E-state index contributed by atoms with van der Waals surface area (Å²) in [6.45, 7) is 2.63. The largest absolute Gasteiger partial charge is 0.306 e. The van der Waals surface area contributed by atoms with Crippen LogP contribution >= 0.6 is 0 Å². The van der Waals surface area contributed by atoms with E-state index in [-0.39, 0.29) is 11.6 Å². The van der Waals surface area contributed by atoms with Gasteiger partial charge in [0.2, 0.25) is 5.91 Å². The fourth-order valence-electron chi connectivity index (χ4n) is 3.16. The number of para-hydroxylation sites is 1. The molecule has 0 fully saturated rings. The first-order valence-electron chi connectivity index (χ1n) is 8.24. The minimum absolute atomic E-state index is 0.0191. The number of nitrogens with zero attached hydrogens (tertiary/aromatic N) is 2. The molecule has 5 nitrogen and oxygen atoms in total. The van der Waals surface area contributed by atoms with Gasteiger partial charge in [0.15, 0.2) is 0 Å². The summed E-state index contributed by atoms with van der Waals surface area (Å²) in [5.74, 6) is -0.0531. The third kappa shape index (κ3) is 3.15. The molecule has 124 valence electrons. The highest BCUT2D eigenvalue weighted by Crippen LogP contribution is 2.37. The van der Waals surface area contributed by atoms with Gasteiger partial charge >= 0.3 is 0 Å². The molecule has 0 spiro atoms. The molecule has 0 unspecified atom stereocenters. The van der Waals surface area contributed by atoms with Gasteiger partial charge in [-0.2, -0.15) is 0 Å². The number of benzene rings is 2. The molecule has 1 aliphatic rings. The number of nitro benzene ring substituents is 1. The van der Waals surface area contributed by atoms with Crippen LogP contribution in [0.15, 0.2) is 42.5 Å². The van der Waals surface area contributed by atoms with E-state index < -0.39 is 4.92 Å². The summed E-state index contributed by atoms with van der Waals surface area (Å²) in [6.07, 6.45) is 2.67. The maximum absolute atomic E-state index is 12.6. The Morgan fingerprint density at radius 2 is 1.88 bits per heavy atom. The molecule has 0 saturated heterocycles. The molecule has 0 N–H and O–H groups in total. The van der Waals surface area contributed by atoms with Crippen molar-refractivity contribution in [1.29, 1.82) is 0 Å². The zero-order chi connectivity index (χ0) is 17.1. The van der Waals surface area contributed by atoms with E-state index in [1.165, 1.54) is 11.6 Å². The van der Waals surface area contributed by atoms with Crippen molar-refractivity contribution in [2.24, 2.45) is 0 Å². The highest BCUT2D eigenvalue weighted by molar-refractivity contribution is 5.98. The smallest absolute Gasteiger partial charge is 0.293 e. The van der Waals surface area contributed by atoms with Gasteiger partial charge in [-0.15, -0.1) is 0 Å². The number of anilines is 1. The first-order valence-corrected chi connectivity index (χ1v) is 8.24. The lowest BCUT2D eigenvalue weighted by Crippen LogP contribution is -2.29. The topological polar surface area (TPSA) is 63.5 Å². The molecule has 5 heteroatoms. The van der Waals surface area contributed by atoms with Crippen molar-refractivity contribution in [1.82, 2.24) is 0 Å². The molecule has 0 bridgehead atoms. The zero-order valence-electron chi connectivity index (χ0n) is 13.7. The molecule has 0 aromatic heterocycles. The molecular formula is C19H20N2O3. The lowest BCUT2D eigenvalue weighted by molar-refractivity contribution is -0.384. The Balaban J connectivity index is 1.72. The normalized spacial score (nSPS) is 13.0. The van der Waals surface area contributed by atoms with Gasteiger partial charge in [0, 0.05) is 19.0 Å². The molecule has 0 saturated carbocycles.